The molecule has 0 spiro atoms. The molecule has 134 valence electrons. The second-order valence-electron chi connectivity index (χ2n) is 7.08. The highest BCUT2D eigenvalue weighted by Gasteiger charge is 2.37. The molecule has 1 amide bonds. The molecule has 0 radical (unpaired) electrons. The van der Waals surface area contributed by atoms with Crippen molar-refractivity contribution in [3.63, 3.8) is 0 Å². The molecule has 1 atom stereocenters. The Kier molecular flexibility index (Phi) is 5.54. The molecule has 3 rings (SSSR count). The molecule has 2 fully saturated rings. The van der Waals surface area contributed by atoms with E-state index in [0.717, 1.165) is 31.4 Å². The Morgan fingerprint density at radius 1 is 1.40 bits per heavy atom. The van der Waals surface area contributed by atoms with Crippen molar-refractivity contribution in [2.24, 2.45) is 11.8 Å². The average molecular weight is 342 g/mol. The quantitative estimate of drug-likeness (QED) is 0.858. The Morgan fingerprint density at radius 2 is 2.12 bits per heavy atom. The third-order valence-electron chi connectivity index (χ3n) is 5.24. The maximum atomic E-state index is 13.0. The number of aryl methyl sites for hydroxylation is 1. The molecule has 6 nitrogen and oxygen atoms in total. The second-order valence-corrected chi connectivity index (χ2v) is 7.08. The fourth-order valence-electron chi connectivity index (χ4n) is 3.47. The highest BCUT2D eigenvalue weighted by Crippen LogP contribution is 2.31. The highest BCUT2D eigenvalue weighted by molar-refractivity contribution is 5.80. The lowest BCUT2D eigenvalue weighted by molar-refractivity contribution is -0.137. The number of aromatic nitrogens is 1. The lowest BCUT2D eigenvalue weighted by Crippen LogP contribution is -2.42. The fraction of sp³-hybridized carbons (Fsp3) is 0.632. The summed E-state index contributed by atoms with van der Waals surface area (Å²) in [6, 6.07) is 6.17. The van der Waals surface area contributed by atoms with Gasteiger partial charge < -0.3 is 15.0 Å². The van der Waals surface area contributed by atoms with E-state index in [4.69, 9.17) is 4.74 Å². The standard InChI is InChI=1S/C19H26N4O2/c1-13-3-4-15(11-20)18(22-13)21-12-17(14-7-9-25-10-8-14)19(24)23(2)16-5-6-16/h3-4,14,16-17H,5-10,12H2,1-2H3,(H,21,22). The minimum absolute atomic E-state index is 0.108. The second kappa shape index (κ2) is 7.83. The van der Waals surface area contributed by atoms with E-state index >= 15 is 0 Å². The van der Waals surface area contributed by atoms with Crippen molar-refractivity contribution in [2.75, 3.05) is 32.1 Å². The highest BCUT2D eigenvalue weighted by atomic mass is 16.5. The molecule has 1 unspecified atom stereocenters. The van der Waals surface area contributed by atoms with Crippen molar-refractivity contribution >= 4 is 11.7 Å². The van der Waals surface area contributed by atoms with Crippen LogP contribution < -0.4 is 5.32 Å². The first-order valence-corrected chi connectivity index (χ1v) is 9.06. The Balaban J connectivity index is 1.74. The van der Waals surface area contributed by atoms with Crippen LogP contribution in [0.1, 0.15) is 36.9 Å². The van der Waals surface area contributed by atoms with E-state index in [1.165, 1.54) is 0 Å². The summed E-state index contributed by atoms with van der Waals surface area (Å²) >= 11 is 0. The van der Waals surface area contributed by atoms with Gasteiger partial charge in [0.1, 0.15) is 11.9 Å². The molecule has 1 N–H and O–H groups in total. The SMILES string of the molecule is Cc1ccc(C#N)c(NCC(C(=O)N(C)C2CC2)C2CCOCC2)n1. The van der Waals surface area contributed by atoms with Gasteiger partial charge in [-0.1, -0.05) is 0 Å². The Hall–Kier alpha value is -2.13. The predicted octanol–water partition coefficient (Wildman–Crippen LogP) is 2.34. The van der Waals surface area contributed by atoms with Gasteiger partial charge in [0.15, 0.2) is 0 Å². The summed E-state index contributed by atoms with van der Waals surface area (Å²) in [5.41, 5.74) is 1.37. The number of hydrogen-bond donors (Lipinski definition) is 1. The summed E-state index contributed by atoms with van der Waals surface area (Å²) in [4.78, 5) is 19.4. The summed E-state index contributed by atoms with van der Waals surface area (Å²) in [5.74, 6) is 0.975. The zero-order chi connectivity index (χ0) is 17.8. The lowest BCUT2D eigenvalue weighted by Gasteiger charge is -2.32. The molecule has 25 heavy (non-hydrogen) atoms. The topological polar surface area (TPSA) is 78.2 Å². The third kappa shape index (κ3) is 4.29. The van der Waals surface area contributed by atoms with Gasteiger partial charge in [-0.3, -0.25) is 4.79 Å². The Labute approximate surface area is 149 Å². The van der Waals surface area contributed by atoms with Gasteiger partial charge in [0.25, 0.3) is 0 Å². The van der Waals surface area contributed by atoms with Gasteiger partial charge in [-0.05, 0) is 50.7 Å². The molecule has 6 heteroatoms. The number of amides is 1. The van der Waals surface area contributed by atoms with Crippen molar-refractivity contribution < 1.29 is 9.53 Å². The van der Waals surface area contributed by atoms with Crippen LogP contribution in [-0.2, 0) is 9.53 Å². The van der Waals surface area contributed by atoms with Crippen molar-refractivity contribution in [1.82, 2.24) is 9.88 Å². The van der Waals surface area contributed by atoms with E-state index in [9.17, 15) is 10.1 Å². The smallest absolute Gasteiger partial charge is 0.227 e. The zero-order valence-corrected chi connectivity index (χ0v) is 15.0. The van der Waals surface area contributed by atoms with Crippen LogP contribution in [0.25, 0.3) is 0 Å². The molecule has 2 heterocycles. The van der Waals surface area contributed by atoms with Gasteiger partial charge in [-0.15, -0.1) is 0 Å². The zero-order valence-electron chi connectivity index (χ0n) is 15.0. The Morgan fingerprint density at radius 3 is 2.76 bits per heavy atom. The van der Waals surface area contributed by atoms with Gasteiger partial charge in [0, 0.05) is 38.5 Å². The summed E-state index contributed by atoms with van der Waals surface area (Å²) in [7, 11) is 1.91. The van der Waals surface area contributed by atoms with Crippen LogP contribution in [0, 0.1) is 30.1 Å². The van der Waals surface area contributed by atoms with Crippen LogP contribution in [-0.4, -0.2) is 48.6 Å². The first-order valence-electron chi connectivity index (χ1n) is 9.06. The number of nitriles is 1. The fourth-order valence-corrected chi connectivity index (χ4v) is 3.47. The summed E-state index contributed by atoms with van der Waals surface area (Å²) in [6.07, 6.45) is 4.02. The van der Waals surface area contributed by atoms with Crippen LogP contribution in [0.3, 0.4) is 0 Å². The number of carbonyl (C=O) groups excluding carboxylic acids is 1. The number of anilines is 1. The van der Waals surface area contributed by atoms with E-state index in [1.807, 2.05) is 24.9 Å². The van der Waals surface area contributed by atoms with Crippen LogP contribution in [0.4, 0.5) is 5.82 Å². The molecule has 2 aliphatic rings. The summed E-state index contributed by atoms with van der Waals surface area (Å²) in [5, 5.41) is 12.6. The number of ether oxygens (including phenoxy) is 1. The first kappa shape index (κ1) is 17.7. The number of nitrogens with zero attached hydrogens (tertiary/aromatic N) is 3. The van der Waals surface area contributed by atoms with Gasteiger partial charge in [-0.2, -0.15) is 5.26 Å². The monoisotopic (exact) mass is 342 g/mol. The average Bonchev–Trinajstić information content (AvgIpc) is 3.47. The number of rotatable bonds is 6. The Bertz CT molecular complexity index is 660. The molecule has 1 aliphatic carbocycles. The van der Waals surface area contributed by atoms with E-state index in [2.05, 4.69) is 16.4 Å². The van der Waals surface area contributed by atoms with Crippen LogP contribution in [0.15, 0.2) is 12.1 Å². The predicted molar refractivity (Wildman–Crippen MR) is 95.0 cm³/mol. The van der Waals surface area contributed by atoms with Gasteiger partial charge in [-0.25, -0.2) is 4.98 Å². The first-order chi connectivity index (χ1) is 12.1. The van der Waals surface area contributed by atoms with E-state index in [1.54, 1.807) is 6.07 Å². The maximum absolute atomic E-state index is 13.0. The van der Waals surface area contributed by atoms with Crippen LogP contribution in [0.2, 0.25) is 0 Å². The molecule has 1 aromatic heterocycles. The van der Waals surface area contributed by atoms with Crippen molar-refractivity contribution in [3.05, 3.63) is 23.4 Å². The maximum Gasteiger partial charge on any atom is 0.227 e. The van der Waals surface area contributed by atoms with E-state index in [-0.39, 0.29) is 11.8 Å². The molecule has 1 aromatic rings. The molecular formula is C19H26N4O2. The van der Waals surface area contributed by atoms with Crippen LogP contribution >= 0.6 is 0 Å². The largest absolute Gasteiger partial charge is 0.381 e. The number of pyridine rings is 1. The van der Waals surface area contributed by atoms with Gasteiger partial charge in [0.2, 0.25) is 5.91 Å². The van der Waals surface area contributed by atoms with Crippen LogP contribution in [0.5, 0.6) is 0 Å². The number of hydrogen-bond acceptors (Lipinski definition) is 5. The van der Waals surface area contributed by atoms with Crippen molar-refractivity contribution in [2.45, 2.75) is 38.6 Å². The molecule has 0 bridgehead atoms. The van der Waals surface area contributed by atoms with Gasteiger partial charge >= 0.3 is 0 Å². The molecule has 1 saturated carbocycles. The van der Waals surface area contributed by atoms with E-state index < -0.39 is 0 Å². The molecule has 0 aromatic carbocycles. The van der Waals surface area contributed by atoms with E-state index in [0.29, 0.717) is 43.1 Å². The van der Waals surface area contributed by atoms with Gasteiger partial charge in [0.05, 0.1) is 11.5 Å². The molecular weight excluding hydrogens is 316 g/mol. The number of nitrogens with one attached hydrogen (secondary N) is 1. The minimum Gasteiger partial charge on any atom is -0.381 e. The normalized spacial score (nSPS) is 19.1. The molecule has 1 saturated heterocycles. The summed E-state index contributed by atoms with van der Waals surface area (Å²) in [6.45, 7) is 3.83. The van der Waals surface area contributed by atoms with Crippen molar-refractivity contribution in [1.29, 1.82) is 5.26 Å². The summed E-state index contributed by atoms with van der Waals surface area (Å²) < 4.78 is 5.46. The number of carbonyl (C=O) groups is 1. The van der Waals surface area contributed by atoms with Crippen molar-refractivity contribution in [3.8, 4) is 6.07 Å². The lowest BCUT2D eigenvalue weighted by atomic mass is 9.84. The third-order valence-corrected chi connectivity index (χ3v) is 5.24. The molecule has 1 aliphatic heterocycles. The minimum atomic E-state index is -0.108.